The minimum atomic E-state index is -0.0225. The van der Waals surface area contributed by atoms with Crippen molar-refractivity contribution in [2.75, 3.05) is 18.8 Å². The fraction of sp³-hybridized carbons (Fsp3) is 0.562. The molecule has 2 rings (SSSR count). The summed E-state index contributed by atoms with van der Waals surface area (Å²) in [5, 5.41) is 9.62. The third-order valence-corrected chi connectivity index (χ3v) is 4.28. The van der Waals surface area contributed by atoms with E-state index < -0.39 is 0 Å². The van der Waals surface area contributed by atoms with Crippen LogP contribution in [-0.2, 0) is 0 Å². The van der Waals surface area contributed by atoms with Gasteiger partial charge in [0.15, 0.2) is 0 Å². The highest BCUT2D eigenvalue weighted by Crippen LogP contribution is 2.26. The number of likely N-dealkylation sites (tertiary alicyclic amines) is 1. The molecular weight excluding hydrogens is 252 g/mol. The summed E-state index contributed by atoms with van der Waals surface area (Å²) in [6, 6.07) is 4.72. The van der Waals surface area contributed by atoms with E-state index in [1.807, 2.05) is 4.90 Å². The molecule has 1 aliphatic rings. The van der Waals surface area contributed by atoms with Crippen molar-refractivity contribution in [1.82, 2.24) is 4.90 Å². The van der Waals surface area contributed by atoms with E-state index in [0.717, 1.165) is 25.9 Å². The van der Waals surface area contributed by atoms with Gasteiger partial charge in [0.2, 0.25) is 0 Å². The maximum absolute atomic E-state index is 12.5. The number of hydrogen-bond donors (Lipinski definition) is 2. The van der Waals surface area contributed by atoms with Gasteiger partial charge in [-0.1, -0.05) is 13.8 Å². The van der Waals surface area contributed by atoms with Crippen molar-refractivity contribution in [2.45, 2.75) is 33.1 Å². The Morgan fingerprint density at radius 1 is 1.35 bits per heavy atom. The average molecular weight is 276 g/mol. The number of benzene rings is 1. The summed E-state index contributed by atoms with van der Waals surface area (Å²) >= 11 is 0. The zero-order valence-electron chi connectivity index (χ0n) is 12.3. The summed E-state index contributed by atoms with van der Waals surface area (Å²) in [5.74, 6) is 1.34. The summed E-state index contributed by atoms with van der Waals surface area (Å²) in [6.07, 6.45) is 3.30. The summed E-state index contributed by atoms with van der Waals surface area (Å²) < 4.78 is 0. The van der Waals surface area contributed by atoms with Crippen LogP contribution in [0.1, 0.15) is 43.5 Å². The number of phenolic OH excluding ortho intramolecular Hbond substituents is 1. The van der Waals surface area contributed by atoms with Gasteiger partial charge in [-0.25, -0.2) is 0 Å². The lowest BCUT2D eigenvalue weighted by Gasteiger charge is -2.22. The van der Waals surface area contributed by atoms with Crippen LogP contribution in [0.15, 0.2) is 18.2 Å². The number of carbonyl (C=O) groups is 1. The van der Waals surface area contributed by atoms with Gasteiger partial charge >= 0.3 is 0 Å². The molecule has 20 heavy (non-hydrogen) atoms. The lowest BCUT2D eigenvalue weighted by Crippen LogP contribution is -2.32. The van der Waals surface area contributed by atoms with Crippen LogP contribution in [0.4, 0.5) is 5.69 Å². The van der Waals surface area contributed by atoms with Gasteiger partial charge in [0, 0.05) is 18.7 Å². The van der Waals surface area contributed by atoms with E-state index in [1.165, 1.54) is 12.5 Å². The Morgan fingerprint density at radius 2 is 2.10 bits per heavy atom. The zero-order valence-corrected chi connectivity index (χ0v) is 12.3. The van der Waals surface area contributed by atoms with Crippen LogP contribution in [-0.4, -0.2) is 29.0 Å². The second-order valence-electron chi connectivity index (χ2n) is 6.00. The number of hydrogen-bond acceptors (Lipinski definition) is 3. The molecule has 1 fully saturated rings. The third-order valence-electron chi connectivity index (χ3n) is 4.28. The first-order valence-electron chi connectivity index (χ1n) is 7.37. The maximum atomic E-state index is 12.5. The molecule has 0 radical (unpaired) electrons. The molecule has 1 heterocycles. The van der Waals surface area contributed by atoms with Crippen LogP contribution in [0, 0.1) is 11.8 Å². The fourth-order valence-electron chi connectivity index (χ4n) is 2.85. The molecule has 4 nitrogen and oxygen atoms in total. The predicted molar refractivity (Wildman–Crippen MR) is 80.6 cm³/mol. The smallest absolute Gasteiger partial charge is 0.253 e. The van der Waals surface area contributed by atoms with E-state index in [-0.39, 0.29) is 11.7 Å². The second kappa shape index (κ2) is 6.16. The van der Waals surface area contributed by atoms with Crippen LogP contribution in [0.3, 0.4) is 0 Å². The molecule has 0 aromatic heterocycles. The Balaban J connectivity index is 2.07. The second-order valence-corrected chi connectivity index (χ2v) is 6.00. The number of phenols is 1. The standard InChI is InChI=1S/C16H24N2O2/c1-11(2)12-4-3-8-18(9-7-12)16(20)13-5-6-14(17)15(19)10-13/h5-6,10-12,19H,3-4,7-9,17H2,1-2H3. The topological polar surface area (TPSA) is 66.6 Å². The first-order valence-corrected chi connectivity index (χ1v) is 7.37. The summed E-state index contributed by atoms with van der Waals surface area (Å²) in [4.78, 5) is 14.4. The number of amides is 1. The first kappa shape index (κ1) is 14.7. The Kier molecular flexibility index (Phi) is 4.53. The molecule has 1 aliphatic heterocycles. The molecule has 1 amide bonds. The SMILES string of the molecule is CC(C)C1CCCN(C(=O)c2ccc(N)c(O)c2)CC1. The molecule has 4 heteroatoms. The van der Waals surface area contributed by atoms with Gasteiger partial charge in [0.05, 0.1) is 5.69 Å². The van der Waals surface area contributed by atoms with Crippen LogP contribution < -0.4 is 5.73 Å². The lowest BCUT2D eigenvalue weighted by molar-refractivity contribution is 0.0758. The van der Waals surface area contributed by atoms with Crippen molar-refractivity contribution in [3.8, 4) is 5.75 Å². The Labute approximate surface area is 120 Å². The van der Waals surface area contributed by atoms with Gasteiger partial charge in [-0.3, -0.25) is 4.79 Å². The Bertz CT molecular complexity index is 485. The summed E-state index contributed by atoms with van der Waals surface area (Å²) in [6.45, 7) is 6.10. The fourth-order valence-corrected chi connectivity index (χ4v) is 2.85. The molecule has 0 spiro atoms. The van der Waals surface area contributed by atoms with Gasteiger partial charge in [-0.2, -0.15) is 0 Å². The van der Waals surface area contributed by atoms with Crippen molar-refractivity contribution in [2.24, 2.45) is 11.8 Å². The molecule has 1 aromatic carbocycles. The quantitative estimate of drug-likeness (QED) is 0.644. The maximum Gasteiger partial charge on any atom is 0.253 e. The monoisotopic (exact) mass is 276 g/mol. The minimum absolute atomic E-state index is 0.00953. The van der Waals surface area contributed by atoms with Crippen molar-refractivity contribution in [3.63, 3.8) is 0 Å². The number of aromatic hydroxyl groups is 1. The molecule has 1 unspecified atom stereocenters. The summed E-state index contributed by atoms with van der Waals surface area (Å²) in [5.41, 5.74) is 6.39. The van der Waals surface area contributed by atoms with Crippen molar-refractivity contribution in [1.29, 1.82) is 0 Å². The highest BCUT2D eigenvalue weighted by Gasteiger charge is 2.23. The van der Waals surface area contributed by atoms with Crippen molar-refractivity contribution >= 4 is 11.6 Å². The van der Waals surface area contributed by atoms with E-state index in [4.69, 9.17) is 5.73 Å². The van der Waals surface area contributed by atoms with Crippen molar-refractivity contribution in [3.05, 3.63) is 23.8 Å². The number of anilines is 1. The molecular formula is C16H24N2O2. The number of rotatable bonds is 2. The van der Waals surface area contributed by atoms with E-state index in [9.17, 15) is 9.90 Å². The molecule has 0 bridgehead atoms. The van der Waals surface area contributed by atoms with Gasteiger partial charge < -0.3 is 15.7 Å². The van der Waals surface area contributed by atoms with Crippen LogP contribution >= 0.6 is 0 Å². The van der Waals surface area contributed by atoms with E-state index >= 15 is 0 Å². The van der Waals surface area contributed by atoms with Crippen LogP contribution in [0.2, 0.25) is 0 Å². The van der Waals surface area contributed by atoms with Gasteiger partial charge in [0.25, 0.3) is 5.91 Å². The first-order chi connectivity index (χ1) is 9.49. The number of nitrogens with zero attached hydrogens (tertiary/aromatic N) is 1. The van der Waals surface area contributed by atoms with Crippen molar-refractivity contribution < 1.29 is 9.90 Å². The van der Waals surface area contributed by atoms with Gasteiger partial charge in [-0.15, -0.1) is 0 Å². The Hall–Kier alpha value is -1.71. The molecule has 0 aliphatic carbocycles. The predicted octanol–water partition coefficient (Wildman–Crippen LogP) is 2.87. The van der Waals surface area contributed by atoms with E-state index in [1.54, 1.807) is 12.1 Å². The van der Waals surface area contributed by atoms with Crippen LogP contribution in [0.25, 0.3) is 0 Å². The largest absolute Gasteiger partial charge is 0.506 e. The molecule has 1 saturated heterocycles. The molecule has 0 saturated carbocycles. The number of nitrogen functional groups attached to an aromatic ring is 1. The molecule has 1 atom stereocenters. The minimum Gasteiger partial charge on any atom is -0.506 e. The normalized spacial score (nSPS) is 19.9. The van der Waals surface area contributed by atoms with Gasteiger partial charge in [0.1, 0.15) is 5.75 Å². The number of carbonyl (C=O) groups excluding carboxylic acids is 1. The highest BCUT2D eigenvalue weighted by molar-refractivity contribution is 5.95. The molecule has 3 N–H and O–H groups in total. The highest BCUT2D eigenvalue weighted by atomic mass is 16.3. The lowest BCUT2D eigenvalue weighted by atomic mass is 9.89. The Morgan fingerprint density at radius 3 is 2.75 bits per heavy atom. The van der Waals surface area contributed by atoms with Crippen LogP contribution in [0.5, 0.6) is 5.75 Å². The van der Waals surface area contributed by atoms with E-state index in [2.05, 4.69) is 13.8 Å². The zero-order chi connectivity index (χ0) is 14.7. The molecule has 1 aromatic rings. The number of nitrogens with two attached hydrogens (primary N) is 1. The summed E-state index contributed by atoms with van der Waals surface area (Å²) in [7, 11) is 0. The average Bonchev–Trinajstić information content (AvgIpc) is 2.67. The third kappa shape index (κ3) is 3.24. The molecule has 110 valence electrons. The van der Waals surface area contributed by atoms with E-state index in [0.29, 0.717) is 23.1 Å². The van der Waals surface area contributed by atoms with Gasteiger partial charge in [-0.05, 0) is 49.3 Å².